The smallest absolute Gasteiger partial charge is 0.124 e. The summed E-state index contributed by atoms with van der Waals surface area (Å²) < 4.78 is 14.1. The molecule has 0 saturated carbocycles. The largest absolute Gasteiger partial charge is 0.396 e. The van der Waals surface area contributed by atoms with Crippen LogP contribution >= 0.6 is 15.9 Å². The van der Waals surface area contributed by atoms with Gasteiger partial charge in [-0.15, -0.1) is 0 Å². The average molecular weight is 337 g/mol. The molecule has 2 rings (SSSR count). The first-order valence-corrected chi connectivity index (χ1v) is 7.47. The van der Waals surface area contributed by atoms with Crippen molar-refractivity contribution in [3.05, 3.63) is 69.4 Å². The highest BCUT2D eigenvalue weighted by Crippen LogP contribution is 2.20. The molecule has 2 aromatic rings. The van der Waals surface area contributed by atoms with Crippen LogP contribution in [-0.2, 0) is 12.8 Å². The Labute approximate surface area is 127 Å². The van der Waals surface area contributed by atoms with Crippen LogP contribution in [0.15, 0.2) is 46.9 Å². The predicted octanol–water partition coefficient (Wildman–Crippen LogP) is 4.29. The van der Waals surface area contributed by atoms with E-state index in [1.165, 1.54) is 23.3 Å². The fraction of sp³-hybridized carbons (Fsp3) is 0.294. The van der Waals surface area contributed by atoms with Crippen LogP contribution in [0.25, 0.3) is 0 Å². The third-order valence-corrected chi connectivity index (χ3v) is 3.81. The topological polar surface area (TPSA) is 20.2 Å². The van der Waals surface area contributed by atoms with Gasteiger partial charge in [0.2, 0.25) is 0 Å². The van der Waals surface area contributed by atoms with E-state index in [2.05, 4.69) is 47.1 Å². The van der Waals surface area contributed by atoms with Crippen LogP contribution in [0, 0.1) is 18.7 Å². The van der Waals surface area contributed by atoms with Crippen LogP contribution in [0.5, 0.6) is 0 Å². The molecule has 0 amide bonds. The molecule has 0 fully saturated rings. The second kappa shape index (κ2) is 7.00. The Morgan fingerprint density at radius 1 is 1.05 bits per heavy atom. The zero-order chi connectivity index (χ0) is 14.5. The maximum Gasteiger partial charge on any atom is 0.124 e. The maximum absolute atomic E-state index is 13.4. The van der Waals surface area contributed by atoms with Gasteiger partial charge in [0.15, 0.2) is 0 Å². The molecule has 0 bridgehead atoms. The molecule has 20 heavy (non-hydrogen) atoms. The number of halogens is 2. The maximum atomic E-state index is 13.4. The minimum absolute atomic E-state index is 0.0992. The SMILES string of the molecule is Cc1ccc(CC(CO)Cc2cc(F)cc(Br)c2)cc1. The highest BCUT2D eigenvalue weighted by atomic mass is 79.9. The minimum atomic E-state index is -0.249. The number of hydrogen-bond donors (Lipinski definition) is 1. The molecule has 0 spiro atoms. The lowest BCUT2D eigenvalue weighted by atomic mass is 9.93. The van der Waals surface area contributed by atoms with Crippen molar-refractivity contribution >= 4 is 15.9 Å². The fourth-order valence-corrected chi connectivity index (χ4v) is 2.83. The van der Waals surface area contributed by atoms with Crippen LogP contribution < -0.4 is 0 Å². The Bertz CT molecular complexity index is 545. The van der Waals surface area contributed by atoms with Gasteiger partial charge in [-0.1, -0.05) is 45.8 Å². The van der Waals surface area contributed by atoms with Crippen molar-refractivity contribution in [1.29, 1.82) is 0 Å². The van der Waals surface area contributed by atoms with Crippen LogP contribution in [0.1, 0.15) is 16.7 Å². The average Bonchev–Trinajstić information content (AvgIpc) is 2.39. The highest BCUT2D eigenvalue weighted by Gasteiger charge is 2.11. The quantitative estimate of drug-likeness (QED) is 0.863. The molecule has 1 nitrogen and oxygen atoms in total. The Balaban J connectivity index is 2.06. The second-order valence-corrected chi connectivity index (χ2v) is 6.14. The first-order valence-electron chi connectivity index (χ1n) is 6.68. The first-order chi connectivity index (χ1) is 9.56. The zero-order valence-corrected chi connectivity index (χ0v) is 13.0. The molecule has 106 valence electrons. The summed E-state index contributed by atoms with van der Waals surface area (Å²) in [4.78, 5) is 0. The summed E-state index contributed by atoms with van der Waals surface area (Å²) in [6.45, 7) is 2.15. The van der Waals surface area contributed by atoms with Gasteiger partial charge in [0.05, 0.1) is 0 Å². The molecule has 2 aromatic carbocycles. The molecule has 0 saturated heterocycles. The molecule has 0 aromatic heterocycles. The van der Waals surface area contributed by atoms with E-state index < -0.39 is 0 Å². The molecule has 0 radical (unpaired) electrons. The molecule has 1 atom stereocenters. The molecule has 0 aliphatic carbocycles. The van der Waals surface area contributed by atoms with Crippen molar-refractivity contribution < 1.29 is 9.50 Å². The van der Waals surface area contributed by atoms with E-state index in [4.69, 9.17) is 0 Å². The Morgan fingerprint density at radius 3 is 2.30 bits per heavy atom. The number of aliphatic hydroxyl groups excluding tert-OH is 1. The third kappa shape index (κ3) is 4.43. The van der Waals surface area contributed by atoms with Crippen LogP contribution in [-0.4, -0.2) is 11.7 Å². The van der Waals surface area contributed by atoms with Crippen molar-refractivity contribution in [2.24, 2.45) is 5.92 Å². The molecule has 0 aliphatic rings. The Kier molecular flexibility index (Phi) is 5.32. The summed E-state index contributed by atoms with van der Waals surface area (Å²) >= 11 is 3.30. The summed E-state index contributed by atoms with van der Waals surface area (Å²) in [6.07, 6.45) is 1.46. The van der Waals surface area contributed by atoms with Crippen LogP contribution in [0.3, 0.4) is 0 Å². The predicted molar refractivity (Wildman–Crippen MR) is 83.3 cm³/mol. The highest BCUT2D eigenvalue weighted by molar-refractivity contribution is 9.10. The van der Waals surface area contributed by atoms with Gasteiger partial charge >= 0.3 is 0 Å². The van der Waals surface area contributed by atoms with Gasteiger partial charge in [0, 0.05) is 11.1 Å². The van der Waals surface area contributed by atoms with Crippen LogP contribution in [0.2, 0.25) is 0 Å². The van der Waals surface area contributed by atoms with Crippen molar-refractivity contribution in [1.82, 2.24) is 0 Å². The summed E-state index contributed by atoms with van der Waals surface area (Å²) in [5.41, 5.74) is 3.33. The standard InChI is InChI=1S/C17H18BrFO/c1-12-2-4-13(5-3-12)6-15(11-20)7-14-8-16(18)10-17(19)9-14/h2-5,8-10,15,20H,6-7,11H2,1H3. The van der Waals surface area contributed by atoms with Crippen molar-refractivity contribution in [3.63, 3.8) is 0 Å². The lowest BCUT2D eigenvalue weighted by Crippen LogP contribution is -2.13. The minimum Gasteiger partial charge on any atom is -0.396 e. The van der Waals surface area contributed by atoms with Gasteiger partial charge in [-0.3, -0.25) is 0 Å². The van der Waals surface area contributed by atoms with E-state index >= 15 is 0 Å². The molecular weight excluding hydrogens is 319 g/mol. The van der Waals surface area contributed by atoms with Gasteiger partial charge < -0.3 is 5.11 Å². The Morgan fingerprint density at radius 2 is 1.70 bits per heavy atom. The number of rotatable bonds is 5. The number of aliphatic hydroxyl groups is 1. The summed E-state index contributed by atoms with van der Waals surface area (Å²) in [5, 5.41) is 9.54. The molecule has 0 aliphatic heterocycles. The Hall–Kier alpha value is -1.19. The van der Waals surface area contributed by atoms with Crippen molar-refractivity contribution in [2.75, 3.05) is 6.61 Å². The van der Waals surface area contributed by atoms with Crippen molar-refractivity contribution in [3.8, 4) is 0 Å². The van der Waals surface area contributed by atoms with E-state index in [0.29, 0.717) is 6.42 Å². The van der Waals surface area contributed by atoms with E-state index in [0.717, 1.165) is 16.5 Å². The van der Waals surface area contributed by atoms with Gasteiger partial charge in [0.1, 0.15) is 5.82 Å². The van der Waals surface area contributed by atoms with Crippen molar-refractivity contribution in [2.45, 2.75) is 19.8 Å². The number of benzene rings is 2. The molecule has 0 heterocycles. The van der Waals surface area contributed by atoms with Gasteiger partial charge in [0.25, 0.3) is 0 Å². The lowest BCUT2D eigenvalue weighted by Gasteiger charge is -2.15. The molecule has 1 N–H and O–H groups in total. The van der Waals surface area contributed by atoms with E-state index in [1.54, 1.807) is 0 Å². The molecule has 3 heteroatoms. The lowest BCUT2D eigenvalue weighted by molar-refractivity contribution is 0.225. The van der Waals surface area contributed by atoms with E-state index in [1.807, 2.05) is 6.07 Å². The second-order valence-electron chi connectivity index (χ2n) is 5.22. The molecular formula is C17H18BrFO. The van der Waals surface area contributed by atoms with E-state index in [9.17, 15) is 9.50 Å². The third-order valence-electron chi connectivity index (χ3n) is 3.35. The summed E-state index contributed by atoms with van der Waals surface area (Å²) in [7, 11) is 0. The summed E-state index contributed by atoms with van der Waals surface area (Å²) in [5.74, 6) is -0.146. The first kappa shape index (κ1) is 15.2. The number of hydrogen-bond acceptors (Lipinski definition) is 1. The zero-order valence-electron chi connectivity index (χ0n) is 11.4. The number of aryl methyl sites for hydroxylation is 1. The van der Waals surface area contributed by atoms with Crippen LogP contribution in [0.4, 0.5) is 4.39 Å². The fourth-order valence-electron chi connectivity index (χ4n) is 2.32. The van der Waals surface area contributed by atoms with E-state index in [-0.39, 0.29) is 18.3 Å². The molecule has 1 unspecified atom stereocenters. The van der Waals surface area contributed by atoms with Gasteiger partial charge in [-0.2, -0.15) is 0 Å². The van der Waals surface area contributed by atoms with Gasteiger partial charge in [-0.05, 0) is 55.0 Å². The monoisotopic (exact) mass is 336 g/mol. The summed E-state index contributed by atoms with van der Waals surface area (Å²) in [6, 6.07) is 13.2. The normalized spacial score (nSPS) is 12.4. The van der Waals surface area contributed by atoms with Gasteiger partial charge in [-0.25, -0.2) is 4.39 Å².